The molecule has 0 radical (unpaired) electrons. The molecule has 0 bridgehead atoms. The number of nitrogens with one attached hydrogen (secondary N) is 1. The number of carbonyl (C=O) groups excluding carboxylic acids is 1. The van der Waals surface area contributed by atoms with E-state index in [1.165, 1.54) is 19.3 Å². The van der Waals surface area contributed by atoms with Crippen molar-refractivity contribution in [3.63, 3.8) is 0 Å². The summed E-state index contributed by atoms with van der Waals surface area (Å²) in [6.45, 7) is 13.4. The molecule has 5 heteroatoms. The van der Waals surface area contributed by atoms with Gasteiger partial charge in [-0.25, -0.2) is 4.79 Å². The van der Waals surface area contributed by atoms with E-state index in [-0.39, 0.29) is 11.5 Å². The van der Waals surface area contributed by atoms with Crippen LogP contribution in [-0.4, -0.2) is 56.0 Å². The molecule has 0 aliphatic carbocycles. The second-order valence-electron chi connectivity index (χ2n) is 8.53. The molecular weight excluding hydrogens is 316 g/mol. The second-order valence-corrected chi connectivity index (χ2v) is 8.53. The van der Waals surface area contributed by atoms with Crippen LogP contribution in [0.25, 0.3) is 0 Å². The number of piperidine rings is 1. The molecule has 1 N–H and O–H groups in total. The van der Waals surface area contributed by atoms with Gasteiger partial charge in [0.05, 0.1) is 6.61 Å². The lowest BCUT2D eigenvalue weighted by atomic mass is 9.78. The molecule has 1 aliphatic heterocycles. The van der Waals surface area contributed by atoms with E-state index >= 15 is 0 Å². The topological polar surface area (TPSA) is 50.8 Å². The Morgan fingerprint density at radius 3 is 2.36 bits per heavy atom. The number of unbranched alkanes of at least 4 members (excludes halogenated alkanes) is 1. The SMILES string of the molecule is CCCCC(CC)NCC1(COC)CCN(C(=O)OC(C)(C)C)CC1. The van der Waals surface area contributed by atoms with Crippen LogP contribution in [0.5, 0.6) is 0 Å². The van der Waals surface area contributed by atoms with Gasteiger partial charge in [-0.1, -0.05) is 26.7 Å². The molecule has 25 heavy (non-hydrogen) atoms. The van der Waals surface area contributed by atoms with Crippen LogP contribution in [0.1, 0.15) is 73.1 Å². The molecule has 1 amide bonds. The molecule has 1 saturated heterocycles. The highest BCUT2D eigenvalue weighted by Gasteiger charge is 2.37. The maximum absolute atomic E-state index is 12.3. The van der Waals surface area contributed by atoms with Gasteiger partial charge in [-0.3, -0.25) is 0 Å². The summed E-state index contributed by atoms with van der Waals surface area (Å²) in [5, 5.41) is 3.77. The molecule has 1 unspecified atom stereocenters. The highest BCUT2D eigenvalue weighted by atomic mass is 16.6. The van der Waals surface area contributed by atoms with Crippen molar-refractivity contribution in [2.45, 2.75) is 84.8 Å². The van der Waals surface area contributed by atoms with Gasteiger partial charge in [-0.2, -0.15) is 0 Å². The van der Waals surface area contributed by atoms with Gasteiger partial charge in [-0.15, -0.1) is 0 Å². The molecule has 0 saturated carbocycles. The van der Waals surface area contributed by atoms with E-state index in [1.807, 2.05) is 25.7 Å². The lowest BCUT2D eigenvalue weighted by molar-refractivity contribution is -0.00740. The Kier molecular flexibility index (Phi) is 9.22. The fraction of sp³-hybridized carbons (Fsp3) is 0.950. The first-order valence-electron chi connectivity index (χ1n) is 9.95. The Hall–Kier alpha value is -0.810. The Bertz CT molecular complexity index is 385. The predicted octanol–water partition coefficient (Wildman–Crippen LogP) is 4.21. The average Bonchev–Trinajstić information content (AvgIpc) is 2.54. The van der Waals surface area contributed by atoms with Crippen molar-refractivity contribution in [2.24, 2.45) is 5.41 Å². The summed E-state index contributed by atoms with van der Waals surface area (Å²) in [4.78, 5) is 14.1. The zero-order valence-electron chi connectivity index (χ0n) is 17.3. The van der Waals surface area contributed by atoms with Crippen molar-refractivity contribution in [1.82, 2.24) is 10.2 Å². The van der Waals surface area contributed by atoms with Crippen LogP contribution in [-0.2, 0) is 9.47 Å². The number of carbonyl (C=O) groups is 1. The van der Waals surface area contributed by atoms with E-state index < -0.39 is 5.60 Å². The number of rotatable bonds is 9. The largest absolute Gasteiger partial charge is 0.444 e. The number of amides is 1. The molecule has 0 aromatic heterocycles. The number of likely N-dealkylation sites (tertiary alicyclic amines) is 1. The van der Waals surface area contributed by atoms with E-state index in [2.05, 4.69) is 19.2 Å². The third-order valence-corrected chi connectivity index (χ3v) is 5.09. The van der Waals surface area contributed by atoms with Gasteiger partial charge >= 0.3 is 6.09 Å². The van der Waals surface area contributed by atoms with Gasteiger partial charge in [0.2, 0.25) is 0 Å². The van der Waals surface area contributed by atoms with Crippen molar-refractivity contribution in [1.29, 1.82) is 0 Å². The van der Waals surface area contributed by atoms with Crippen LogP contribution in [0.3, 0.4) is 0 Å². The van der Waals surface area contributed by atoms with Gasteiger partial charge in [0.25, 0.3) is 0 Å². The summed E-state index contributed by atoms with van der Waals surface area (Å²) in [5.74, 6) is 0. The van der Waals surface area contributed by atoms with Crippen LogP contribution in [0.4, 0.5) is 4.79 Å². The molecule has 0 spiro atoms. The van der Waals surface area contributed by atoms with E-state index in [0.29, 0.717) is 6.04 Å². The van der Waals surface area contributed by atoms with Gasteiger partial charge in [0.1, 0.15) is 5.60 Å². The fourth-order valence-electron chi connectivity index (χ4n) is 3.43. The lowest BCUT2D eigenvalue weighted by Gasteiger charge is -2.42. The van der Waals surface area contributed by atoms with E-state index in [9.17, 15) is 4.79 Å². The molecule has 0 aromatic carbocycles. The van der Waals surface area contributed by atoms with Crippen molar-refractivity contribution < 1.29 is 14.3 Å². The van der Waals surface area contributed by atoms with Crippen LogP contribution < -0.4 is 5.32 Å². The van der Waals surface area contributed by atoms with Crippen molar-refractivity contribution >= 4 is 6.09 Å². The quantitative estimate of drug-likeness (QED) is 0.672. The summed E-state index contributed by atoms with van der Waals surface area (Å²) in [7, 11) is 1.77. The number of nitrogens with zero attached hydrogens (tertiary/aromatic N) is 1. The minimum Gasteiger partial charge on any atom is -0.444 e. The molecule has 1 aliphatic rings. The van der Waals surface area contributed by atoms with E-state index in [1.54, 1.807) is 7.11 Å². The second kappa shape index (κ2) is 10.4. The summed E-state index contributed by atoms with van der Waals surface area (Å²) < 4.78 is 11.0. The van der Waals surface area contributed by atoms with Gasteiger partial charge < -0.3 is 19.7 Å². The number of methoxy groups -OCH3 is 1. The maximum atomic E-state index is 12.3. The number of hydrogen-bond donors (Lipinski definition) is 1. The molecule has 1 heterocycles. The van der Waals surface area contributed by atoms with E-state index in [0.717, 1.165) is 45.5 Å². The van der Waals surface area contributed by atoms with Crippen LogP contribution in [0.2, 0.25) is 0 Å². The number of hydrogen-bond acceptors (Lipinski definition) is 4. The fourth-order valence-corrected chi connectivity index (χ4v) is 3.43. The number of ether oxygens (including phenoxy) is 2. The molecule has 5 nitrogen and oxygen atoms in total. The van der Waals surface area contributed by atoms with Crippen LogP contribution in [0.15, 0.2) is 0 Å². The molecule has 1 atom stereocenters. The molecule has 1 fully saturated rings. The monoisotopic (exact) mass is 356 g/mol. The summed E-state index contributed by atoms with van der Waals surface area (Å²) in [6, 6.07) is 0.581. The first-order chi connectivity index (χ1) is 11.7. The zero-order valence-corrected chi connectivity index (χ0v) is 17.3. The first-order valence-corrected chi connectivity index (χ1v) is 9.95. The van der Waals surface area contributed by atoms with Crippen molar-refractivity contribution in [2.75, 3.05) is 33.4 Å². The Balaban J connectivity index is 2.56. The van der Waals surface area contributed by atoms with Crippen LogP contribution >= 0.6 is 0 Å². The molecule has 1 rings (SSSR count). The normalized spacial score (nSPS) is 18.9. The zero-order chi connectivity index (χ0) is 18.9. The minimum atomic E-state index is -0.437. The first kappa shape index (κ1) is 22.2. The Morgan fingerprint density at radius 2 is 1.88 bits per heavy atom. The van der Waals surface area contributed by atoms with Crippen LogP contribution in [0, 0.1) is 5.41 Å². The molecular formula is C20H40N2O3. The average molecular weight is 357 g/mol. The predicted molar refractivity (Wildman–Crippen MR) is 103 cm³/mol. The Labute approximate surface area is 154 Å². The smallest absolute Gasteiger partial charge is 0.410 e. The standard InChI is InChI=1S/C20H40N2O3/c1-7-9-10-17(8-2)21-15-20(16-24-6)11-13-22(14-12-20)18(23)25-19(3,4)5/h17,21H,7-16H2,1-6H3. The van der Waals surface area contributed by atoms with Crippen molar-refractivity contribution in [3.8, 4) is 0 Å². The van der Waals surface area contributed by atoms with E-state index in [4.69, 9.17) is 9.47 Å². The summed E-state index contributed by atoms with van der Waals surface area (Å²) in [6.07, 6.45) is 6.63. The summed E-state index contributed by atoms with van der Waals surface area (Å²) in [5.41, 5.74) is -0.319. The lowest BCUT2D eigenvalue weighted by Crippen LogP contribution is -2.51. The van der Waals surface area contributed by atoms with Crippen molar-refractivity contribution in [3.05, 3.63) is 0 Å². The van der Waals surface area contributed by atoms with Gasteiger partial charge in [0.15, 0.2) is 0 Å². The van der Waals surface area contributed by atoms with Gasteiger partial charge in [-0.05, 0) is 46.5 Å². The molecule has 0 aromatic rings. The molecule has 148 valence electrons. The third kappa shape index (κ3) is 7.95. The minimum absolute atomic E-state index is 0.118. The Morgan fingerprint density at radius 1 is 1.24 bits per heavy atom. The highest BCUT2D eigenvalue weighted by Crippen LogP contribution is 2.32. The maximum Gasteiger partial charge on any atom is 0.410 e. The summed E-state index contributed by atoms with van der Waals surface area (Å²) >= 11 is 0. The highest BCUT2D eigenvalue weighted by molar-refractivity contribution is 5.68. The third-order valence-electron chi connectivity index (χ3n) is 5.09. The van der Waals surface area contributed by atoms with Gasteiger partial charge in [0, 0.05) is 38.2 Å².